The molecule has 0 radical (unpaired) electrons. The minimum Gasteiger partial charge on any atom is -0.542 e. The normalized spacial score (nSPS) is 11.4. The summed E-state index contributed by atoms with van der Waals surface area (Å²) in [6.45, 7) is 5.65. The minimum absolute atomic E-state index is 0.626. The molecule has 1 aromatic heterocycles. The highest BCUT2D eigenvalue weighted by Crippen LogP contribution is 2.35. The Kier molecular flexibility index (Phi) is 14.0. The SMILES string of the molecule is COCCN(CCOC)c1ccc2nc3c(Cl)cc(N(CCOC)CCOC)cc3[s+]c2c1.O=C([O-])C(F)(F)F. The van der Waals surface area contributed by atoms with Crippen LogP contribution in [-0.2, 0) is 23.7 Å². The molecule has 0 unspecified atom stereocenters. The number of carboxylic acid groups (broad SMARTS) is 1. The van der Waals surface area contributed by atoms with E-state index in [-0.39, 0.29) is 0 Å². The standard InChI is InChI=1S/C24H33ClN3O4S.C2HF3O2/c1-29-11-7-27(8-12-30-2)18-5-6-21-22(16-18)33-23-17-19(15-20(25)24(23)26-21)28(9-13-31-3)10-14-32-4;3-2(4,5)1(6)7/h5-6,15-17H,7-14H2,1-4H3;(H,6,7)/q+1;/p-1. The van der Waals surface area contributed by atoms with Gasteiger partial charge in [-0.1, -0.05) is 11.6 Å². The Morgan fingerprint density at radius 3 is 1.75 bits per heavy atom. The zero-order valence-electron chi connectivity index (χ0n) is 22.8. The van der Waals surface area contributed by atoms with Gasteiger partial charge in [0.25, 0.3) is 9.40 Å². The number of fused-ring (bicyclic) bond motifs is 2. The van der Waals surface area contributed by atoms with Crippen molar-refractivity contribution >= 4 is 60.7 Å². The average Bonchev–Trinajstić information content (AvgIpc) is 2.92. The lowest BCUT2D eigenvalue weighted by Crippen LogP contribution is -2.37. The van der Waals surface area contributed by atoms with Crippen molar-refractivity contribution in [3.63, 3.8) is 0 Å². The first kappa shape index (κ1) is 33.7. The molecule has 0 aliphatic rings. The first-order valence-electron chi connectivity index (χ1n) is 12.2. The van der Waals surface area contributed by atoms with Crippen molar-refractivity contribution in [2.24, 2.45) is 0 Å². The van der Waals surface area contributed by atoms with Crippen LogP contribution in [-0.4, -0.2) is 98.2 Å². The third kappa shape index (κ3) is 10.1. The Morgan fingerprint density at radius 2 is 1.30 bits per heavy atom. The number of anilines is 2. The van der Waals surface area contributed by atoms with Gasteiger partial charge in [0, 0.05) is 78.1 Å². The van der Waals surface area contributed by atoms with Gasteiger partial charge in [0.05, 0.1) is 31.5 Å². The number of halogens is 4. The zero-order chi connectivity index (χ0) is 29.7. The highest BCUT2D eigenvalue weighted by molar-refractivity contribution is 7.24. The van der Waals surface area contributed by atoms with Crippen LogP contribution in [0.25, 0.3) is 20.4 Å². The summed E-state index contributed by atoms with van der Waals surface area (Å²) in [6, 6.07) is 10.5. The van der Waals surface area contributed by atoms with Gasteiger partial charge in [-0.25, -0.2) is 4.98 Å². The number of ether oxygens (including phenoxy) is 4. The van der Waals surface area contributed by atoms with Crippen LogP contribution in [0.4, 0.5) is 24.5 Å². The molecule has 0 aliphatic carbocycles. The van der Waals surface area contributed by atoms with Gasteiger partial charge in [0.1, 0.15) is 17.0 Å². The number of aliphatic carboxylic acids is 1. The van der Waals surface area contributed by atoms with Crippen LogP contribution in [0.3, 0.4) is 0 Å². The summed E-state index contributed by atoms with van der Waals surface area (Å²) in [6.07, 6.45) is -5.19. The van der Waals surface area contributed by atoms with Gasteiger partial charge in [0.2, 0.25) is 11.3 Å². The molecule has 3 aromatic rings. The maximum Gasteiger partial charge on any atom is 0.430 e. The summed E-state index contributed by atoms with van der Waals surface area (Å²) >= 11 is 8.39. The van der Waals surface area contributed by atoms with Gasteiger partial charge in [-0.05, 0) is 18.2 Å². The van der Waals surface area contributed by atoms with Gasteiger partial charge in [-0.15, -0.1) is 0 Å². The van der Waals surface area contributed by atoms with E-state index in [1.165, 1.54) is 0 Å². The maximum absolute atomic E-state index is 10.5. The lowest BCUT2D eigenvalue weighted by Gasteiger charge is -2.24. The molecule has 3 rings (SSSR count). The van der Waals surface area contributed by atoms with E-state index in [9.17, 15) is 13.2 Å². The molecule has 1 heterocycles. The third-order valence-electron chi connectivity index (χ3n) is 5.63. The van der Waals surface area contributed by atoms with Crippen molar-refractivity contribution in [1.82, 2.24) is 4.98 Å². The van der Waals surface area contributed by atoms with Crippen molar-refractivity contribution in [3.8, 4) is 0 Å². The average molecular weight is 608 g/mol. The number of rotatable bonds is 14. The van der Waals surface area contributed by atoms with Crippen LogP contribution in [0, 0.1) is 0 Å². The van der Waals surface area contributed by atoms with E-state index in [1.807, 2.05) is 6.07 Å². The monoisotopic (exact) mass is 607 g/mol. The molecule has 0 atom stereocenters. The van der Waals surface area contributed by atoms with Gasteiger partial charge in [0.15, 0.2) is 0 Å². The molecule has 0 bridgehead atoms. The Labute approximate surface area is 240 Å². The molecule has 0 aliphatic heterocycles. The summed E-state index contributed by atoms with van der Waals surface area (Å²) in [5, 5.41) is 9.43. The van der Waals surface area contributed by atoms with E-state index < -0.39 is 12.1 Å². The van der Waals surface area contributed by atoms with Gasteiger partial charge >= 0.3 is 6.18 Å². The van der Waals surface area contributed by atoms with Crippen molar-refractivity contribution in [2.45, 2.75) is 6.18 Å². The molecule has 2 aromatic carbocycles. The van der Waals surface area contributed by atoms with Crippen molar-refractivity contribution in [3.05, 3.63) is 35.4 Å². The van der Waals surface area contributed by atoms with Crippen LogP contribution in [0.2, 0.25) is 5.02 Å². The number of aromatic nitrogens is 1. The van der Waals surface area contributed by atoms with Crippen LogP contribution >= 0.6 is 22.9 Å². The Balaban J connectivity index is 0.000000708. The van der Waals surface area contributed by atoms with E-state index in [4.69, 9.17) is 45.4 Å². The van der Waals surface area contributed by atoms with E-state index in [0.29, 0.717) is 31.5 Å². The lowest BCUT2D eigenvalue weighted by molar-refractivity contribution is -0.344. The summed E-state index contributed by atoms with van der Waals surface area (Å²) in [4.78, 5) is 18.1. The number of benzene rings is 2. The second-order valence-electron chi connectivity index (χ2n) is 8.37. The van der Waals surface area contributed by atoms with Gasteiger partial charge in [-0.3, -0.25) is 0 Å². The molecule has 0 saturated carbocycles. The quantitative estimate of drug-likeness (QED) is 0.200. The van der Waals surface area contributed by atoms with Gasteiger partial charge in [-0.2, -0.15) is 13.2 Å². The molecular formula is C26H33ClF3N3O6S. The van der Waals surface area contributed by atoms with E-state index in [0.717, 1.165) is 58.0 Å². The predicted octanol–water partition coefficient (Wildman–Crippen LogP) is 3.88. The lowest BCUT2D eigenvalue weighted by atomic mass is 10.2. The van der Waals surface area contributed by atoms with E-state index >= 15 is 0 Å². The Bertz CT molecular complexity index is 1220. The van der Waals surface area contributed by atoms with Crippen LogP contribution in [0.15, 0.2) is 30.3 Å². The number of carbonyl (C=O) groups excluding carboxylic acids is 1. The number of alkyl halides is 3. The van der Waals surface area contributed by atoms with Crippen LogP contribution in [0.1, 0.15) is 0 Å². The smallest absolute Gasteiger partial charge is 0.430 e. The summed E-state index contributed by atoms with van der Waals surface area (Å²) < 4.78 is 54.9. The van der Waals surface area contributed by atoms with Crippen LogP contribution < -0.4 is 14.9 Å². The molecule has 9 nitrogen and oxygen atoms in total. The number of hydrogen-bond donors (Lipinski definition) is 0. The molecule has 0 spiro atoms. The van der Waals surface area contributed by atoms with Crippen molar-refractivity contribution < 1.29 is 42.0 Å². The zero-order valence-corrected chi connectivity index (χ0v) is 24.3. The Hall–Kier alpha value is -2.55. The molecule has 0 fully saturated rings. The van der Waals surface area contributed by atoms with Gasteiger partial charge < -0.3 is 38.6 Å². The molecule has 0 amide bonds. The molecular weight excluding hydrogens is 575 g/mol. The molecule has 222 valence electrons. The first-order valence-corrected chi connectivity index (χ1v) is 13.4. The molecule has 40 heavy (non-hydrogen) atoms. The second-order valence-corrected chi connectivity index (χ2v) is 9.86. The minimum atomic E-state index is -5.19. The fourth-order valence-electron chi connectivity index (χ4n) is 3.59. The van der Waals surface area contributed by atoms with Crippen molar-refractivity contribution in [2.75, 3.05) is 90.8 Å². The predicted molar refractivity (Wildman–Crippen MR) is 150 cm³/mol. The number of hydrogen-bond acceptors (Lipinski definition) is 9. The molecule has 0 N–H and O–H groups in total. The topological polar surface area (TPSA) is 96.4 Å². The molecule has 14 heteroatoms. The fraction of sp³-hybridized carbons (Fsp3) is 0.500. The first-order chi connectivity index (χ1) is 19.0. The van der Waals surface area contributed by atoms with E-state index in [1.54, 1.807) is 39.8 Å². The van der Waals surface area contributed by atoms with Crippen molar-refractivity contribution in [1.29, 1.82) is 0 Å². The highest BCUT2D eigenvalue weighted by Gasteiger charge is 2.28. The Morgan fingerprint density at radius 1 is 0.850 bits per heavy atom. The highest BCUT2D eigenvalue weighted by atomic mass is 35.5. The number of methoxy groups -OCH3 is 4. The summed E-state index contributed by atoms with van der Waals surface area (Å²) in [5.41, 5.74) is 3.91. The maximum atomic E-state index is 10.5. The fourth-order valence-corrected chi connectivity index (χ4v) is 4.97. The van der Waals surface area contributed by atoms with Crippen LogP contribution in [0.5, 0.6) is 0 Å². The second kappa shape index (κ2) is 16.7. The number of carbonyl (C=O) groups is 1. The number of nitrogens with zero attached hydrogens (tertiary/aromatic N) is 3. The third-order valence-corrected chi connectivity index (χ3v) is 7.00. The molecule has 0 saturated heterocycles. The number of carboxylic acids is 1. The summed E-state index contributed by atoms with van der Waals surface area (Å²) in [5.74, 6) is -3.01. The largest absolute Gasteiger partial charge is 0.542 e. The summed E-state index contributed by atoms with van der Waals surface area (Å²) in [7, 11) is 6.86. The van der Waals surface area contributed by atoms with E-state index in [2.05, 4.69) is 34.1 Å².